The Hall–Kier alpha value is -3.64. The smallest absolute Gasteiger partial charge is 0.252 e. The van der Waals surface area contributed by atoms with Crippen molar-refractivity contribution in [1.82, 2.24) is 15.1 Å². The number of aromatic nitrogens is 2. The Balaban J connectivity index is 1.41. The van der Waals surface area contributed by atoms with Gasteiger partial charge in [0.15, 0.2) is 0 Å². The summed E-state index contributed by atoms with van der Waals surface area (Å²) in [5.74, 6) is -0.749. The second-order valence-electron chi connectivity index (χ2n) is 10.6. The Morgan fingerprint density at radius 3 is 2.44 bits per heavy atom. The molecule has 0 atom stereocenters. The largest absolute Gasteiger partial charge is 0.401 e. The maximum Gasteiger partial charge on any atom is 0.252 e. The summed E-state index contributed by atoms with van der Waals surface area (Å²) in [7, 11) is 0. The summed E-state index contributed by atoms with van der Waals surface area (Å²) in [5.41, 5.74) is 14.3. The molecule has 2 aromatic rings. The van der Waals surface area contributed by atoms with Crippen LogP contribution in [-0.2, 0) is 21.5 Å². The molecule has 3 aliphatic carbocycles. The van der Waals surface area contributed by atoms with Gasteiger partial charge < -0.3 is 16.6 Å². The van der Waals surface area contributed by atoms with E-state index in [1.165, 1.54) is 10.8 Å². The maximum atomic E-state index is 12.3. The quantitative estimate of drug-likeness (QED) is 0.457. The highest BCUT2D eigenvalue weighted by Gasteiger charge is 2.66. The molecule has 0 unspecified atom stereocenters. The Morgan fingerprint density at radius 2 is 1.91 bits per heavy atom. The molecule has 1 heterocycles. The highest BCUT2D eigenvalue weighted by Crippen LogP contribution is 2.75. The van der Waals surface area contributed by atoms with Crippen LogP contribution in [0.15, 0.2) is 36.0 Å². The predicted octanol–water partition coefficient (Wildman–Crippen LogP) is 1.95. The number of nitrogen functional groups attached to an aromatic ring is 1. The molecule has 9 nitrogen and oxygen atoms in total. The number of nitrogens with one attached hydrogen (secondary N) is 1. The number of benzene rings is 1. The van der Waals surface area contributed by atoms with Gasteiger partial charge in [-0.05, 0) is 44.1 Å². The fourth-order valence-electron chi connectivity index (χ4n) is 5.35. The van der Waals surface area contributed by atoms with Gasteiger partial charge in [0.2, 0.25) is 5.91 Å². The lowest BCUT2D eigenvalue weighted by atomic mass is 9.35. The van der Waals surface area contributed by atoms with Gasteiger partial charge in [-0.25, -0.2) is 4.68 Å². The van der Waals surface area contributed by atoms with Gasteiger partial charge in [0.05, 0.1) is 18.6 Å². The molecule has 9 heteroatoms. The molecule has 5 rings (SSSR count). The molecule has 1 aromatic heterocycles. The Bertz CT molecular complexity index is 1210. The zero-order valence-corrected chi connectivity index (χ0v) is 19.7. The highest BCUT2D eigenvalue weighted by molar-refractivity contribution is 6.01. The summed E-state index contributed by atoms with van der Waals surface area (Å²) in [5, 5.41) is 26.0. The number of aliphatic hydroxyl groups excluding tert-OH is 1. The second kappa shape index (κ2) is 7.99. The molecule has 6 N–H and O–H groups in total. The fourth-order valence-corrected chi connectivity index (χ4v) is 5.35. The van der Waals surface area contributed by atoms with Crippen molar-refractivity contribution in [3.05, 3.63) is 47.2 Å². The van der Waals surface area contributed by atoms with Gasteiger partial charge in [0.1, 0.15) is 23.1 Å². The van der Waals surface area contributed by atoms with E-state index in [1.807, 2.05) is 0 Å². The summed E-state index contributed by atoms with van der Waals surface area (Å²) in [4.78, 5) is 24.6. The van der Waals surface area contributed by atoms with E-state index in [4.69, 9.17) is 11.5 Å². The monoisotopic (exact) mass is 462 g/mol. The number of hydrogen-bond donors (Lipinski definition) is 4. The SMILES string of the molecule is CC12CC(/C(N)=C/C(=O)NC(=O)Cc3ccc(-c4nn(C(C)(C)CO)c(N)c4C#N)cc3)(C1)C2. The number of allylic oxidation sites excluding steroid dienone is 1. The number of carbonyl (C=O) groups is 2. The molecule has 2 amide bonds. The first-order chi connectivity index (χ1) is 15.9. The van der Waals surface area contributed by atoms with E-state index in [1.54, 1.807) is 38.1 Å². The normalized spacial score (nSPS) is 23.4. The van der Waals surface area contributed by atoms with Crippen LogP contribution in [-0.4, -0.2) is 33.3 Å². The number of aliphatic hydroxyl groups is 1. The van der Waals surface area contributed by atoms with Gasteiger partial charge in [-0.2, -0.15) is 10.4 Å². The molecule has 3 aliphatic rings. The minimum Gasteiger partial charge on any atom is -0.401 e. The minimum atomic E-state index is -0.771. The van der Waals surface area contributed by atoms with Gasteiger partial charge in [-0.3, -0.25) is 14.9 Å². The van der Waals surface area contributed by atoms with Gasteiger partial charge in [-0.1, -0.05) is 31.2 Å². The Kier molecular flexibility index (Phi) is 5.53. The molecule has 0 radical (unpaired) electrons. The number of nitrogens with two attached hydrogens (primary N) is 2. The van der Waals surface area contributed by atoms with Gasteiger partial charge in [0.25, 0.3) is 5.91 Å². The standard InChI is InChI=1S/C25H30N6O3/c1-23(2,14-32)31-22(28)17(10-26)21(30-31)16-6-4-15(5-7-16)8-19(33)29-20(34)9-18(27)25-11-24(3,12-25)13-25/h4-7,9,32H,8,11-14,27-28H2,1-3H3,(H,29,33,34)/b18-9-. The first-order valence-corrected chi connectivity index (χ1v) is 11.2. The number of imide groups is 1. The van der Waals surface area contributed by atoms with Crippen molar-refractivity contribution in [2.75, 3.05) is 12.3 Å². The lowest BCUT2D eigenvalue weighted by Crippen LogP contribution is -2.62. The van der Waals surface area contributed by atoms with Crippen LogP contribution in [0, 0.1) is 22.2 Å². The lowest BCUT2D eigenvalue weighted by molar-refractivity contribution is -0.163. The predicted molar refractivity (Wildman–Crippen MR) is 127 cm³/mol. The first kappa shape index (κ1) is 23.5. The zero-order valence-electron chi connectivity index (χ0n) is 19.7. The third-order valence-corrected chi connectivity index (χ3v) is 7.04. The van der Waals surface area contributed by atoms with Crippen LogP contribution >= 0.6 is 0 Å². The number of nitriles is 1. The molecule has 34 heavy (non-hydrogen) atoms. The van der Waals surface area contributed by atoms with E-state index in [9.17, 15) is 20.0 Å². The molecule has 0 spiro atoms. The van der Waals surface area contributed by atoms with E-state index in [-0.39, 0.29) is 29.8 Å². The van der Waals surface area contributed by atoms with Gasteiger partial charge in [0, 0.05) is 22.8 Å². The number of hydrogen-bond acceptors (Lipinski definition) is 7. The van der Waals surface area contributed by atoms with Crippen molar-refractivity contribution in [2.24, 2.45) is 16.6 Å². The summed E-state index contributed by atoms with van der Waals surface area (Å²) in [6.45, 7) is 5.55. The minimum absolute atomic E-state index is 0.0161. The Labute approximate surface area is 198 Å². The zero-order chi connectivity index (χ0) is 24.9. The maximum absolute atomic E-state index is 12.3. The summed E-state index contributed by atoms with van der Waals surface area (Å²) in [6.07, 6.45) is 4.38. The lowest BCUT2D eigenvalue weighted by Gasteiger charge is -2.70. The van der Waals surface area contributed by atoms with Crippen LogP contribution in [0.1, 0.15) is 51.2 Å². The molecule has 1 aromatic carbocycles. The van der Waals surface area contributed by atoms with Crippen molar-refractivity contribution < 1.29 is 14.7 Å². The number of rotatable bonds is 7. The van der Waals surface area contributed by atoms with Crippen LogP contribution in [0.4, 0.5) is 5.82 Å². The number of anilines is 1. The molecule has 178 valence electrons. The van der Waals surface area contributed by atoms with E-state index in [0.29, 0.717) is 27.9 Å². The second-order valence-corrected chi connectivity index (χ2v) is 10.6. The van der Waals surface area contributed by atoms with Gasteiger partial charge in [-0.15, -0.1) is 0 Å². The van der Waals surface area contributed by atoms with Crippen molar-refractivity contribution >= 4 is 17.6 Å². The van der Waals surface area contributed by atoms with E-state index >= 15 is 0 Å². The molecule has 0 aliphatic heterocycles. The van der Waals surface area contributed by atoms with Crippen LogP contribution in [0.25, 0.3) is 11.3 Å². The topological polar surface area (TPSA) is 160 Å². The molecular formula is C25H30N6O3. The van der Waals surface area contributed by atoms with E-state index in [2.05, 4.69) is 23.4 Å². The van der Waals surface area contributed by atoms with Crippen LogP contribution < -0.4 is 16.8 Å². The van der Waals surface area contributed by atoms with Crippen molar-refractivity contribution in [1.29, 1.82) is 5.26 Å². The van der Waals surface area contributed by atoms with Crippen LogP contribution in [0.5, 0.6) is 0 Å². The molecule has 0 saturated heterocycles. The third-order valence-electron chi connectivity index (χ3n) is 7.04. The van der Waals surface area contributed by atoms with Crippen molar-refractivity contribution in [3.8, 4) is 17.3 Å². The fraction of sp³-hybridized carbons (Fsp3) is 0.440. The number of amides is 2. The molecule has 3 saturated carbocycles. The molecule has 2 bridgehead atoms. The molecular weight excluding hydrogens is 432 g/mol. The van der Waals surface area contributed by atoms with Crippen molar-refractivity contribution in [2.45, 2.75) is 52.0 Å². The van der Waals surface area contributed by atoms with Gasteiger partial charge >= 0.3 is 0 Å². The summed E-state index contributed by atoms with van der Waals surface area (Å²) in [6, 6.07) is 9.03. The summed E-state index contributed by atoms with van der Waals surface area (Å²) >= 11 is 0. The average Bonchev–Trinajstić information content (AvgIpc) is 3.08. The van der Waals surface area contributed by atoms with E-state index < -0.39 is 17.4 Å². The first-order valence-electron chi connectivity index (χ1n) is 11.2. The number of nitrogens with zero attached hydrogens (tertiary/aromatic N) is 3. The number of carbonyl (C=O) groups excluding carboxylic acids is 2. The molecule has 3 fully saturated rings. The van der Waals surface area contributed by atoms with E-state index in [0.717, 1.165) is 19.3 Å². The van der Waals surface area contributed by atoms with Crippen LogP contribution in [0.3, 0.4) is 0 Å². The average molecular weight is 463 g/mol. The summed E-state index contributed by atoms with van der Waals surface area (Å²) < 4.78 is 1.44. The van der Waals surface area contributed by atoms with Crippen LogP contribution in [0.2, 0.25) is 0 Å². The highest BCUT2D eigenvalue weighted by atomic mass is 16.3. The van der Waals surface area contributed by atoms with Crippen molar-refractivity contribution in [3.63, 3.8) is 0 Å². The third kappa shape index (κ3) is 3.94. The Morgan fingerprint density at radius 1 is 1.29 bits per heavy atom.